The summed E-state index contributed by atoms with van der Waals surface area (Å²) in [7, 11) is 0. The lowest BCUT2D eigenvalue weighted by atomic mass is 10.1. The highest BCUT2D eigenvalue weighted by molar-refractivity contribution is 5.72. The maximum absolute atomic E-state index is 11.1. The normalized spacial score (nSPS) is 13.9. The quantitative estimate of drug-likeness (QED) is 0.783. The van der Waals surface area contributed by atoms with Crippen LogP contribution in [0.5, 0.6) is 5.75 Å². The minimum Gasteiger partial charge on any atom is -0.479 e. The molecule has 2 N–H and O–H groups in total. The van der Waals surface area contributed by atoms with E-state index >= 15 is 0 Å². The second kappa shape index (κ2) is 7.01. The van der Waals surface area contributed by atoms with Gasteiger partial charge in [-0.1, -0.05) is 38.5 Å². The SMILES string of the molecule is CCCC(Oc1ccccc1[C@H](O)CC)C(=O)O. The molecule has 0 saturated carbocycles. The van der Waals surface area contributed by atoms with E-state index < -0.39 is 18.2 Å². The molecule has 1 rings (SSSR count). The van der Waals surface area contributed by atoms with E-state index in [1.54, 1.807) is 24.3 Å². The van der Waals surface area contributed by atoms with Crippen molar-refractivity contribution in [2.45, 2.75) is 45.3 Å². The van der Waals surface area contributed by atoms with E-state index in [-0.39, 0.29) is 0 Å². The fourth-order valence-electron chi connectivity index (χ4n) is 1.73. The van der Waals surface area contributed by atoms with Crippen molar-refractivity contribution in [1.82, 2.24) is 0 Å². The second-order valence-corrected chi connectivity index (χ2v) is 4.20. The molecule has 2 atom stereocenters. The Labute approximate surface area is 107 Å². The summed E-state index contributed by atoms with van der Waals surface area (Å²) in [5.74, 6) is -0.523. The number of aliphatic carboxylic acids is 1. The summed E-state index contributed by atoms with van der Waals surface area (Å²) in [4.78, 5) is 11.1. The number of hydrogen-bond acceptors (Lipinski definition) is 3. The van der Waals surface area contributed by atoms with Gasteiger partial charge in [0.25, 0.3) is 0 Å². The first-order chi connectivity index (χ1) is 8.60. The molecular weight excluding hydrogens is 232 g/mol. The first-order valence-corrected chi connectivity index (χ1v) is 6.26. The largest absolute Gasteiger partial charge is 0.479 e. The van der Waals surface area contributed by atoms with Crippen LogP contribution < -0.4 is 4.74 Å². The zero-order valence-corrected chi connectivity index (χ0v) is 10.8. The number of benzene rings is 1. The lowest BCUT2D eigenvalue weighted by molar-refractivity contribution is -0.145. The van der Waals surface area contributed by atoms with E-state index in [9.17, 15) is 9.90 Å². The van der Waals surface area contributed by atoms with Gasteiger partial charge in [0.15, 0.2) is 6.10 Å². The van der Waals surface area contributed by atoms with Gasteiger partial charge in [-0.25, -0.2) is 4.79 Å². The van der Waals surface area contributed by atoms with Crippen LogP contribution in [0.25, 0.3) is 0 Å². The van der Waals surface area contributed by atoms with Crippen LogP contribution in [0.15, 0.2) is 24.3 Å². The summed E-state index contributed by atoms with van der Waals surface area (Å²) in [5.41, 5.74) is 0.641. The number of carboxylic acid groups (broad SMARTS) is 1. The Balaban J connectivity index is 2.91. The van der Waals surface area contributed by atoms with Crippen molar-refractivity contribution < 1.29 is 19.7 Å². The van der Waals surface area contributed by atoms with E-state index in [2.05, 4.69) is 0 Å². The molecule has 0 amide bonds. The van der Waals surface area contributed by atoms with Crippen molar-refractivity contribution in [2.24, 2.45) is 0 Å². The van der Waals surface area contributed by atoms with E-state index in [4.69, 9.17) is 9.84 Å². The molecule has 1 unspecified atom stereocenters. The Kier molecular flexibility index (Phi) is 5.65. The van der Waals surface area contributed by atoms with Gasteiger partial charge >= 0.3 is 5.97 Å². The average molecular weight is 252 g/mol. The van der Waals surface area contributed by atoms with Crippen LogP contribution in [-0.4, -0.2) is 22.3 Å². The molecule has 0 heterocycles. The fraction of sp³-hybridized carbons (Fsp3) is 0.500. The highest BCUT2D eigenvalue weighted by Gasteiger charge is 2.20. The number of rotatable bonds is 7. The third kappa shape index (κ3) is 3.74. The Morgan fingerprint density at radius 3 is 2.56 bits per heavy atom. The predicted molar refractivity (Wildman–Crippen MR) is 68.7 cm³/mol. The summed E-state index contributed by atoms with van der Waals surface area (Å²) in [5, 5.41) is 18.9. The summed E-state index contributed by atoms with van der Waals surface area (Å²) in [6, 6.07) is 7.02. The molecule has 0 aromatic heterocycles. The summed E-state index contributed by atoms with van der Waals surface area (Å²) in [6.07, 6.45) is 0.255. The van der Waals surface area contributed by atoms with E-state index in [1.165, 1.54) is 0 Å². The van der Waals surface area contributed by atoms with Crippen LogP contribution in [0.3, 0.4) is 0 Å². The highest BCUT2D eigenvalue weighted by atomic mass is 16.5. The third-order valence-corrected chi connectivity index (χ3v) is 2.76. The molecular formula is C14H20O4. The molecule has 4 heteroatoms. The number of carbonyl (C=O) groups is 1. The first-order valence-electron chi connectivity index (χ1n) is 6.26. The molecule has 1 aromatic carbocycles. The summed E-state index contributed by atoms with van der Waals surface area (Å²) >= 11 is 0. The van der Waals surface area contributed by atoms with Crippen LogP contribution in [0.1, 0.15) is 44.8 Å². The van der Waals surface area contributed by atoms with Crippen LogP contribution in [0.2, 0.25) is 0 Å². The summed E-state index contributed by atoms with van der Waals surface area (Å²) in [6.45, 7) is 3.77. The lowest BCUT2D eigenvalue weighted by Gasteiger charge is -2.19. The van der Waals surface area contributed by atoms with E-state index in [0.29, 0.717) is 24.2 Å². The minimum absolute atomic E-state index is 0.450. The molecule has 0 bridgehead atoms. The number of para-hydroxylation sites is 1. The maximum atomic E-state index is 11.1. The topological polar surface area (TPSA) is 66.8 Å². The number of aliphatic hydroxyl groups is 1. The van der Waals surface area contributed by atoms with Crippen molar-refractivity contribution in [3.8, 4) is 5.75 Å². The van der Waals surface area contributed by atoms with Gasteiger partial charge in [0.05, 0.1) is 6.10 Å². The average Bonchev–Trinajstić information content (AvgIpc) is 2.37. The second-order valence-electron chi connectivity index (χ2n) is 4.20. The minimum atomic E-state index is -0.974. The number of aliphatic hydroxyl groups excluding tert-OH is 1. The fourth-order valence-corrected chi connectivity index (χ4v) is 1.73. The molecule has 0 saturated heterocycles. The molecule has 0 spiro atoms. The molecule has 100 valence electrons. The highest BCUT2D eigenvalue weighted by Crippen LogP contribution is 2.28. The monoisotopic (exact) mass is 252 g/mol. The number of carboxylic acids is 1. The molecule has 0 aliphatic heterocycles. The van der Waals surface area contributed by atoms with Gasteiger partial charge in [0.2, 0.25) is 0 Å². The number of ether oxygens (including phenoxy) is 1. The third-order valence-electron chi connectivity index (χ3n) is 2.76. The molecule has 0 fully saturated rings. The van der Waals surface area contributed by atoms with Gasteiger partial charge in [0.1, 0.15) is 5.75 Å². The number of hydrogen-bond donors (Lipinski definition) is 2. The summed E-state index contributed by atoms with van der Waals surface area (Å²) < 4.78 is 5.51. The van der Waals surface area contributed by atoms with Gasteiger partial charge in [-0.05, 0) is 18.9 Å². The predicted octanol–water partition coefficient (Wildman–Crippen LogP) is 2.76. The van der Waals surface area contributed by atoms with Crippen molar-refractivity contribution in [2.75, 3.05) is 0 Å². The Morgan fingerprint density at radius 2 is 2.00 bits per heavy atom. The molecule has 0 aliphatic rings. The zero-order chi connectivity index (χ0) is 13.5. The van der Waals surface area contributed by atoms with Crippen molar-refractivity contribution in [3.63, 3.8) is 0 Å². The van der Waals surface area contributed by atoms with E-state index in [0.717, 1.165) is 6.42 Å². The molecule has 4 nitrogen and oxygen atoms in total. The van der Waals surface area contributed by atoms with Crippen molar-refractivity contribution in [3.05, 3.63) is 29.8 Å². The lowest BCUT2D eigenvalue weighted by Crippen LogP contribution is -2.27. The molecule has 18 heavy (non-hydrogen) atoms. The standard InChI is InChI=1S/C14H20O4/c1-3-7-13(14(16)17)18-12-9-6-5-8-10(12)11(15)4-2/h5-6,8-9,11,13,15H,3-4,7H2,1-2H3,(H,16,17)/t11-,13?/m1/s1. The van der Waals surface area contributed by atoms with Gasteiger partial charge in [0, 0.05) is 5.56 Å². The van der Waals surface area contributed by atoms with Crippen LogP contribution in [-0.2, 0) is 4.79 Å². The van der Waals surface area contributed by atoms with E-state index in [1.807, 2.05) is 13.8 Å². The maximum Gasteiger partial charge on any atom is 0.344 e. The van der Waals surface area contributed by atoms with Crippen molar-refractivity contribution in [1.29, 1.82) is 0 Å². The Hall–Kier alpha value is -1.55. The molecule has 1 aromatic rings. The van der Waals surface area contributed by atoms with Crippen LogP contribution >= 0.6 is 0 Å². The Bertz CT molecular complexity index is 389. The van der Waals surface area contributed by atoms with Gasteiger partial charge in [-0.15, -0.1) is 0 Å². The van der Waals surface area contributed by atoms with Crippen LogP contribution in [0.4, 0.5) is 0 Å². The van der Waals surface area contributed by atoms with Gasteiger partial charge < -0.3 is 14.9 Å². The molecule has 0 aliphatic carbocycles. The first kappa shape index (κ1) is 14.5. The van der Waals surface area contributed by atoms with Crippen molar-refractivity contribution >= 4 is 5.97 Å². The van der Waals surface area contributed by atoms with Gasteiger partial charge in [-0.3, -0.25) is 0 Å². The smallest absolute Gasteiger partial charge is 0.344 e. The Morgan fingerprint density at radius 1 is 1.33 bits per heavy atom. The van der Waals surface area contributed by atoms with Crippen LogP contribution in [0, 0.1) is 0 Å². The zero-order valence-electron chi connectivity index (χ0n) is 10.8. The van der Waals surface area contributed by atoms with Gasteiger partial charge in [-0.2, -0.15) is 0 Å². The molecule has 0 radical (unpaired) electrons.